The Hall–Kier alpha value is -5.67. The van der Waals surface area contributed by atoms with Crippen molar-refractivity contribution in [1.29, 1.82) is 0 Å². The monoisotopic (exact) mass is 618 g/mol. The standard InChI is InChI=1S/C28H19ClN6O9/c1-31-24(21(29)14-30-31)28(38)43-20-11-5-15(6-12-20)23-22-25(44-33(23)18-3-2-4-19(13-18)35(41)42)27(37)32(26(22)36)16-7-9-17(10-8-16)34(39)40/h2-14,22-23,25H,1H3/t22-,23-,25-/m1/s1. The molecule has 222 valence electrons. The van der Waals surface area contributed by atoms with Crippen LogP contribution in [0.1, 0.15) is 22.1 Å². The average molecular weight is 619 g/mol. The Morgan fingerprint density at radius 3 is 2.23 bits per heavy atom. The van der Waals surface area contributed by atoms with Crippen LogP contribution in [0.15, 0.2) is 79.0 Å². The molecule has 2 aliphatic rings. The molecule has 15 nitrogen and oxygen atoms in total. The average Bonchev–Trinajstić information content (AvgIpc) is 3.64. The van der Waals surface area contributed by atoms with Crippen molar-refractivity contribution in [1.82, 2.24) is 9.78 Å². The molecule has 3 aromatic carbocycles. The van der Waals surface area contributed by atoms with Crippen molar-refractivity contribution in [3.63, 3.8) is 0 Å². The molecule has 0 spiro atoms. The van der Waals surface area contributed by atoms with E-state index in [1.807, 2.05) is 0 Å². The molecule has 2 saturated heterocycles. The summed E-state index contributed by atoms with van der Waals surface area (Å²) in [6.07, 6.45) is 0.00611. The minimum Gasteiger partial charge on any atom is -0.422 e. The molecule has 0 unspecified atom stereocenters. The number of aromatic nitrogens is 2. The Morgan fingerprint density at radius 2 is 1.61 bits per heavy atom. The smallest absolute Gasteiger partial charge is 0.363 e. The quantitative estimate of drug-likeness (QED) is 0.0953. The highest BCUT2D eigenvalue weighted by Crippen LogP contribution is 2.48. The lowest BCUT2D eigenvalue weighted by atomic mass is 9.90. The third kappa shape index (κ3) is 4.79. The second kappa shape index (κ2) is 10.9. The lowest BCUT2D eigenvalue weighted by Gasteiger charge is -2.28. The second-order valence-electron chi connectivity index (χ2n) is 9.81. The van der Waals surface area contributed by atoms with Crippen LogP contribution in [0.5, 0.6) is 5.75 Å². The molecule has 4 aromatic rings. The number of carbonyl (C=O) groups excluding carboxylic acids is 3. The topological polar surface area (TPSA) is 180 Å². The zero-order chi connectivity index (χ0) is 31.3. The predicted molar refractivity (Wildman–Crippen MR) is 152 cm³/mol. The summed E-state index contributed by atoms with van der Waals surface area (Å²) >= 11 is 6.04. The number of non-ortho nitro benzene ring substituents is 2. The Labute approximate surface area is 252 Å². The van der Waals surface area contributed by atoms with Crippen LogP contribution in [0.3, 0.4) is 0 Å². The number of hydroxylamine groups is 1. The first-order valence-corrected chi connectivity index (χ1v) is 13.3. The Balaban J connectivity index is 1.35. The van der Waals surface area contributed by atoms with E-state index in [4.69, 9.17) is 21.2 Å². The number of ether oxygens (including phenoxy) is 1. The van der Waals surface area contributed by atoms with Gasteiger partial charge in [-0.05, 0) is 35.9 Å². The summed E-state index contributed by atoms with van der Waals surface area (Å²) in [4.78, 5) is 68.3. The first kappa shape index (κ1) is 28.4. The maximum absolute atomic E-state index is 13.8. The van der Waals surface area contributed by atoms with Crippen molar-refractivity contribution in [2.75, 3.05) is 9.96 Å². The molecule has 2 amide bonds. The molecule has 0 N–H and O–H groups in total. The van der Waals surface area contributed by atoms with E-state index in [-0.39, 0.29) is 39.2 Å². The Morgan fingerprint density at radius 1 is 0.932 bits per heavy atom. The number of carbonyl (C=O) groups is 3. The Kier molecular flexibility index (Phi) is 7.03. The minimum atomic E-state index is -1.30. The summed E-state index contributed by atoms with van der Waals surface area (Å²) in [5.41, 5.74) is 0.409. The first-order chi connectivity index (χ1) is 21.0. The summed E-state index contributed by atoms with van der Waals surface area (Å²) in [6, 6.07) is 15.6. The zero-order valence-electron chi connectivity index (χ0n) is 22.5. The maximum Gasteiger partial charge on any atom is 0.363 e. The number of rotatable bonds is 7. The van der Waals surface area contributed by atoms with Gasteiger partial charge in [-0.2, -0.15) is 5.10 Å². The summed E-state index contributed by atoms with van der Waals surface area (Å²) < 4.78 is 6.71. The van der Waals surface area contributed by atoms with Crippen LogP contribution in [0, 0.1) is 26.1 Å². The molecule has 3 atom stereocenters. The number of hydrogen-bond acceptors (Lipinski definition) is 11. The van der Waals surface area contributed by atoms with E-state index in [1.54, 1.807) is 12.1 Å². The van der Waals surface area contributed by atoms with Gasteiger partial charge < -0.3 is 4.74 Å². The molecular formula is C28H19ClN6O9. The van der Waals surface area contributed by atoms with Gasteiger partial charge in [-0.3, -0.25) is 39.3 Å². The summed E-state index contributed by atoms with van der Waals surface area (Å²) in [5.74, 6) is -3.03. The normalized spacial score (nSPS) is 19.3. The molecule has 0 saturated carbocycles. The highest BCUT2D eigenvalue weighted by Gasteiger charge is 2.60. The van der Waals surface area contributed by atoms with Gasteiger partial charge in [0.1, 0.15) is 11.7 Å². The van der Waals surface area contributed by atoms with Crippen molar-refractivity contribution >= 4 is 52.1 Å². The maximum atomic E-state index is 13.8. The molecular weight excluding hydrogens is 600 g/mol. The van der Waals surface area contributed by atoms with Gasteiger partial charge in [0.2, 0.25) is 5.91 Å². The molecule has 2 aliphatic heterocycles. The number of halogens is 1. The molecule has 2 fully saturated rings. The second-order valence-corrected chi connectivity index (χ2v) is 10.2. The number of esters is 1. The van der Waals surface area contributed by atoms with Gasteiger partial charge in [-0.1, -0.05) is 29.8 Å². The van der Waals surface area contributed by atoms with Gasteiger partial charge in [0.15, 0.2) is 11.8 Å². The van der Waals surface area contributed by atoms with Gasteiger partial charge in [0.25, 0.3) is 17.3 Å². The van der Waals surface area contributed by atoms with Crippen LogP contribution in [0.4, 0.5) is 22.7 Å². The number of hydrogen-bond donors (Lipinski definition) is 0. The van der Waals surface area contributed by atoms with Crippen LogP contribution in [0.25, 0.3) is 0 Å². The van der Waals surface area contributed by atoms with Gasteiger partial charge >= 0.3 is 5.97 Å². The van der Waals surface area contributed by atoms with Crippen LogP contribution in [-0.2, 0) is 21.5 Å². The lowest BCUT2D eigenvalue weighted by molar-refractivity contribution is -0.385. The number of fused-ring (bicyclic) bond motifs is 1. The third-order valence-electron chi connectivity index (χ3n) is 7.25. The molecule has 1 aromatic heterocycles. The van der Waals surface area contributed by atoms with Crippen molar-refractivity contribution in [2.24, 2.45) is 13.0 Å². The molecule has 16 heteroatoms. The van der Waals surface area contributed by atoms with Gasteiger partial charge in [0, 0.05) is 31.3 Å². The van der Waals surface area contributed by atoms with Crippen molar-refractivity contribution in [3.05, 3.63) is 116 Å². The van der Waals surface area contributed by atoms with E-state index in [0.29, 0.717) is 5.56 Å². The fourth-order valence-corrected chi connectivity index (χ4v) is 5.47. The SMILES string of the molecule is Cn1ncc(Cl)c1C(=O)Oc1ccc([C@@H]2[C@H]3C(=O)N(c4ccc([N+](=O)[O-])cc4)C(=O)[C@@H]3ON2c2cccc([N+](=O)[O-])c2)cc1. The highest BCUT2D eigenvalue weighted by molar-refractivity contribution is 6.33. The molecule has 0 bridgehead atoms. The number of benzene rings is 3. The highest BCUT2D eigenvalue weighted by atomic mass is 35.5. The van der Waals surface area contributed by atoms with E-state index in [9.17, 15) is 34.6 Å². The predicted octanol–water partition coefficient (Wildman–Crippen LogP) is 4.16. The first-order valence-electron chi connectivity index (χ1n) is 12.9. The summed E-state index contributed by atoms with van der Waals surface area (Å²) in [7, 11) is 1.53. The van der Waals surface area contributed by atoms with E-state index < -0.39 is 45.7 Å². The van der Waals surface area contributed by atoms with Crippen LogP contribution in [-0.4, -0.2) is 43.5 Å². The van der Waals surface area contributed by atoms with Crippen molar-refractivity contribution in [2.45, 2.75) is 12.1 Å². The number of anilines is 2. The number of nitro groups is 2. The molecule has 6 rings (SSSR count). The summed E-state index contributed by atoms with van der Waals surface area (Å²) in [5, 5.41) is 27.9. The third-order valence-corrected chi connectivity index (χ3v) is 7.53. The number of aryl methyl sites for hydroxylation is 1. The molecule has 0 aliphatic carbocycles. The Bertz CT molecular complexity index is 1820. The number of nitrogens with zero attached hydrogens (tertiary/aromatic N) is 6. The van der Waals surface area contributed by atoms with Gasteiger partial charge in [-0.25, -0.2) is 14.8 Å². The summed E-state index contributed by atoms with van der Waals surface area (Å²) in [6.45, 7) is 0. The van der Waals surface area contributed by atoms with E-state index in [2.05, 4.69) is 5.10 Å². The number of imide groups is 1. The number of nitro benzene ring substituents is 2. The van der Waals surface area contributed by atoms with E-state index in [1.165, 1.54) is 83.7 Å². The van der Waals surface area contributed by atoms with E-state index >= 15 is 0 Å². The van der Waals surface area contributed by atoms with Crippen molar-refractivity contribution in [3.8, 4) is 5.75 Å². The lowest BCUT2D eigenvalue weighted by Crippen LogP contribution is -2.37. The van der Waals surface area contributed by atoms with E-state index in [0.717, 1.165) is 4.90 Å². The molecule has 44 heavy (non-hydrogen) atoms. The van der Waals surface area contributed by atoms with Gasteiger partial charge in [-0.15, -0.1) is 0 Å². The minimum absolute atomic E-state index is 0.0426. The largest absolute Gasteiger partial charge is 0.422 e. The number of amides is 2. The molecule has 0 radical (unpaired) electrons. The zero-order valence-corrected chi connectivity index (χ0v) is 23.2. The molecule has 3 heterocycles. The van der Waals surface area contributed by atoms with Crippen LogP contribution >= 0.6 is 11.6 Å². The van der Waals surface area contributed by atoms with Crippen molar-refractivity contribution < 1.29 is 33.8 Å². The van der Waals surface area contributed by atoms with Gasteiger partial charge in [0.05, 0.1) is 38.5 Å². The fraction of sp³-hybridized carbons (Fsp3) is 0.143. The van der Waals surface area contributed by atoms with Crippen LogP contribution < -0.4 is 14.7 Å². The fourth-order valence-electron chi connectivity index (χ4n) is 5.23. The van der Waals surface area contributed by atoms with Crippen LogP contribution in [0.2, 0.25) is 5.02 Å².